The molecule has 200 valence electrons. The van der Waals surface area contributed by atoms with E-state index in [4.69, 9.17) is 4.42 Å². The molecule has 0 radical (unpaired) electrons. The molecule has 0 aliphatic rings. The van der Waals surface area contributed by atoms with E-state index in [2.05, 4.69) is 49.9 Å². The molecule has 0 atom stereocenters. The molecule has 3 aromatic rings. The van der Waals surface area contributed by atoms with Gasteiger partial charge in [-0.1, -0.05) is 62.1 Å². The van der Waals surface area contributed by atoms with Crippen LogP contribution in [0.15, 0.2) is 64.5 Å². The van der Waals surface area contributed by atoms with Crippen LogP contribution < -0.4 is 32.2 Å². The van der Waals surface area contributed by atoms with Crippen molar-refractivity contribution in [2.45, 2.75) is 76.1 Å². The van der Waals surface area contributed by atoms with Crippen LogP contribution in [-0.4, -0.2) is 28.3 Å². The van der Waals surface area contributed by atoms with Gasteiger partial charge in [0.25, 0.3) is 11.1 Å². The monoisotopic (exact) mass is 589 g/mol. The Kier molecular flexibility index (Phi) is 14.6. The molecule has 2 heterocycles. The molecule has 0 bridgehead atoms. The first-order valence-corrected chi connectivity index (χ1v) is 13.9. The molecule has 0 fully saturated rings. The number of aromatic nitrogens is 3. The van der Waals surface area contributed by atoms with Gasteiger partial charge in [0.05, 0.1) is 17.8 Å². The van der Waals surface area contributed by atoms with Crippen molar-refractivity contribution in [3.8, 4) is 0 Å². The maximum absolute atomic E-state index is 12.6. The summed E-state index contributed by atoms with van der Waals surface area (Å²) in [6, 6.07) is 13.2. The highest BCUT2D eigenvalue weighted by atomic mass is 79.9. The number of para-hydroxylation sites is 1. The van der Waals surface area contributed by atoms with Crippen molar-refractivity contribution in [2.24, 2.45) is 0 Å². The highest BCUT2D eigenvalue weighted by Gasteiger charge is 2.14. The van der Waals surface area contributed by atoms with Gasteiger partial charge in [-0.25, -0.2) is 4.57 Å². The van der Waals surface area contributed by atoms with E-state index < -0.39 is 0 Å². The largest absolute Gasteiger partial charge is 1.00 e. The molecule has 0 unspecified atom stereocenters. The molecule has 0 aliphatic heterocycles. The van der Waals surface area contributed by atoms with Crippen LogP contribution in [0, 0.1) is 0 Å². The number of benzene rings is 1. The zero-order chi connectivity index (χ0) is 25.4. The smallest absolute Gasteiger partial charge is 0.276 e. The molecule has 3 rings (SSSR count). The Labute approximate surface area is 233 Å². The van der Waals surface area contributed by atoms with Crippen LogP contribution in [0.1, 0.15) is 74.0 Å². The Morgan fingerprint density at radius 2 is 1.57 bits per heavy atom. The Bertz CT molecular complexity index is 1080. The Hall–Kier alpha value is -2.72. The van der Waals surface area contributed by atoms with Gasteiger partial charge >= 0.3 is 0 Å². The van der Waals surface area contributed by atoms with E-state index in [0.717, 1.165) is 25.8 Å². The molecule has 0 aliphatic carbocycles. The van der Waals surface area contributed by atoms with Crippen LogP contribution in [0.3, 0.4) is 0 Å². The van der Waals surface area contributed by atoms with Gasteiger partial charge in [0.2, 0.25) is 11.8 Å². The molecule has 0 spiro atoms. The predicted molar refractivity (Wildman–Crippen MR) is 141 cm³/mol. The SMILES string of the molecule is CSc1nnc(CNC(=O)c2ccccc2NC(=O)CCCCCCCCCC[n+]2ccccc2)o1.[Br-]. The Morgan fingerprint density at radius 1 is 0.892 bits per heavy atom. The summed E-state index contributed by atoms with van der Waals surface area (Å²) in [4.78, 5) is 25.1. The summed E-state index contributed by atoms with van der Waals surface area (Å²) in [5, 5.41) is 13.8. The van der Waals surface area contributed by atoms with E-state index in [-0.39, 0.29) is 35.3 Å². The molecule has 10 heteroatoms. The minimum atomic E-state index is -0.308. The molecule has 2 N–H and O–H groups in total. The lowest BCUT2D eigenvalue weighted by Gasteiger charge is -2.11. The van der Waals surface area contributed by atoms with Crippen LogP contribution in [-0.2, 0) is 17.9 Å². The van der Waals surface area contributed by atoms with Crippen molar-refractivity contribution in [1.29, 1.82) is 0 Å². The summed E-state index contributed by atoms with van der Waals surface area (Å²) in [6.07, 6.45) is 15.7. The van der Waals surface area contributed by atoms with Gasteiger partial charge in [-0.3, -0.25) is 9.59 Å². The summed E-state index contributed by atoms with van der Waals surface area (Å²) in [5.74, 6) is -0.0484. The van der Waals surface area contributed by atoms with Crippen molar-refractivity contribution in [3.63, 3.8) is 0 Å². The number of carbonyl (C=O) groups excluding carboxylic acids is 2. The van der Waals surface area contributed by atoms with E-state index in [1.807, 2.05) is 12.3 Å². The molecule has 8 nitrogen and oxygen atoms in total. The first kappa shape index (κ1) is 30.5. The summed E-state index contributed by atoms with van der Waals surface area (Å²) in [6.45, 7) is 1.21. The lowest BCUT2D eigenvalue weighted by molar-refractivity contribution is -0.697. The zero-order valence-electron chi connectivity index (χ0n) is 21.3. The minimum Gasteiger partial charge on any atom is -1.00 e. The third-order valence-electron chi connectivity index (χ3n) is 5.82. The first-order valence-electron chi connectivity index (χ1n) is 12.6. The number of hydrogen-bond donors (Lipinski definition) is 2. The molecule has 37 heavy (non-hydrogen) atoms. The van der Waals surface area contributed by atoms with Crippen LogP contribution in [0.4, 0.5) is 5.69 Å². The normalized spacial score (nSPS) is 10.5. The third kappa shape index (κ3) is 11.5. The van der Waals surface area contributed by atoms with Crippen molar-refractivity contribution in [2.75, 3.05) is 11.6 Å². The number of thioether (sulfide) groups is 1. The van der Waals surface area contributed by atoms with E-state index in [9.17, 15) is 9.59 Å². The second kappa shape index (κ2) is 17.7. The van der Waals surface area contributed by atoms with Crippen molar-refractivity contribution in [1.82, 2.24) is 15.5 Å². The van der Waals surface area contributed by atoms with E-state index in [0.29, 0.717) is 28.8 Å². The quantitative estimate of drug-likeness (QED) is 0.151. The van der Waals surface area contributed by atoms with E-state index in [1.165, 1.54) is 43.9 Å². The average Bonchev–Trinajstić information content (AvgIpc) is 3.37. The van der Waals surface area contributed by atoms with Crippen molar-refractivity contribution in [3.05, 3.63) is 66.3 Å². The fourth-order valence-corrected chi connectivity index (χ4v) is 4.17. The molecular weight excluding hydrogens is 554 g/mol. The lowest BCUT2D eigenvalue weighted by atomic mass is 10.1. The second-order valence-electron chi connectivity index (χ2n) is 8.63. The van der Waals surface area contributed by atoms with Crippen LogP contribution in [0.5, 0.6) is 0 Å². The number of aryl methyl sites for hydroxylation is 1. The topological polar surface area (TPSA) is 101 Å². The predicted octanol–water partition coefficient (Wildman–Crippen LogP) is 2.16. The van der Waals surface area contributed by atoms with E-state index >= 15 is 0 Å². The number of pyridine rings is 1. The van der Waals surface area contributed by atoms with Crippen LogP contribution in [0.2, 0.25) is 0 Å². The number of halogens is 1. The fraction of sp³-hybridized carbons (Fsp3) is 0.444. The number of amides is 2. The van der Waals surface area contributed by atoms with Gasteiger partial charge in [-0.15, -0.1) is 10.2 Å². The van der Waals surface area contributed by atoms with Crippen LogP contribution in [0.25, 0.3) is 0 Å². The van der Waals surface area contributed by atoms with Crippen molar-refractivity contribution < 1.29 is 35.6 Å². The highest BCUT2D eigenvalue weighted by Crippen LogP contribution is 2.17. The van der Waals surface area contributed by atoms with Gasteiger partial charge < -0.3 is 32.0 Å². The number of rotatable bonds is 16. The maximum Gasteiger partial charge on any atom is 0.276 e. The van der Waals surface area contributed by atoms with E-state index in [1.54, 1.807) is 24.3 Å². The minimum absolute atomic E-state index is 0. The molecule has 2 amide bonds. The molecule has 1 aromatic carbocycles. The van der Waals surface area contributed by atoms with Gasteiger partial charge in [-0.05, 0) is 31.2 Å². The average molecular weight is 591 g/mol. The lowest BCUT2D eigenvalue weighted by Crippen LogP contribution is -3.00. The van der Waals surface area contributed by atoms with Gasteiger partial charge in [-0.2, -0.15) is 0 Å². The standard InChI is InChI=1S/C27H35N5O3S.BrH/c1-36-27-31-30-25(35-27)21-28-26(34)22-15-10-11-16-23(22)29-24(33)17-9-6-4-2-3-5-7-12-18-32-19-13-8-14-20-32;/h8,10-11,13-16,19-20H,2-7,9,12,17-18,21H2,1H3,(H-,28,29,33,34);1H. The van der Waals surface area contributed by atoms with Crippen molar-refractivity contribution >= 4 is 29.3 Å². The Morgan fingerprint density at radius 3 is 2.27 bits per heavy atom. The summed E-state index contributed by atoms with van der Waals surface area (Å²) in [7, 11) is 0. The molecular formula is C27H36BrN5O3S. The summed E-state index contributed by atoms with van der Waals surface area (Å²) < 4.78 is 7.61. The molecule has 0 saturated heterocycles. The number of anilines is 1. The number of nitrogens with zero attached hydrogens (tertiary/aromatic N) is 3. The molecule has 0 saturated carbocycles. The maximum atomic E-state index is 12.6. The highest BCUT2D eigenvalue weighted by molar-refractivity contribution is 7.98. The zero-order valence-corrected chi connectivity index (χ0v) is 23.7. The number of carbonyl (C=O) groups is 2. The fourth-order valence-electron chi connectivity index (χ4n) is 3.87. The van der Waals surface area contributed by atoms with Gasteiger partial charge in [0.15, 0.2) is 12.4 Å². The summed E-state index contributed by atoms with van der Waals surface area (Å²) >= 11 is 1.34. The van der Waals surface area contributed by atoms with Gasteiger partial charge in [0, 0.05) is 25.0 Å². The summed E-state index contributed by atoms with van der Waals surface area (Å²) in [5.41, 5.74) is 0.908. The second-order valence-corrected chi connectivity index (χ2v) is 9.39. The third-order valence-corrected chi connectivity index (χ3v) is 6.33. The first-order chi connectivity index (χ1) is 17.7. The number of unbranched alkanes of at least 4 members (excludes halogenated alkanes) is 7. The number of nitrogens with one attached hydrogen (secondary N) is 2. The Balaban J connectivity index is 0.00000481. The molecule has 2 aromatic heterocycles. The van der Waals surface area contributed by atoms with Gasteiger partial charge in [0.1, 0.15) is 6.54 Å². The van der Waals surface area contributed by atoms with Crippen LogP contribution >= 0.6 is 11.8 Å². The number of hydrogen-bond acceptors (Lipinski definition) is 6.